The van der Waals surface area contributed by atoms with Crippen molar-refractivity contribution in [1.29, 1.82) is 0 Å². The number of alkyl halides is 2. The second-order valence-corrected chi connectivity index (χ2v) is 11.1. The Labute approximate surface area is 211 Å². The third-order valence-electron chi connectivity index (χ3n) is 8.56. The molecular weight excluding hydrogens is 472 g/mol. The third kappa shape index (κ3) is 5.52. The van der Waals surface area contributed by atoms with Crippen molar-refractivity contribution in [3.05, 3.63) is 0 Å². The summed E-state index contributed by atoms with van der Waals surface area (Å²) in [7, 11) is 1.84. The van der Waals surface area contributed by atoms with Gasteiger partial charge in [-0.1, -0.05) is 0 Å². The third-order valence-corrected chi connectivity index (χ3v) is 8.56. The zero-order valence-corrected chi connectivity index (χ0v) is 21.0. The van der Waals surface area contributed by atoms with Crippen molar-refractivity contribution in [1.82, 2.24) is 41.1 Å². The van der Waals surface area contributed by atoms with E-state index in [4.69, 9.17) is 5.73 Å². The number of nitrogens with zero attached hydrogens (tertiary/aromatic N) is 4. The van der Waals surface area contributed by atoms with Gasteiger partial charge in [-0.05, 0) is 31.8 Å². The molecule has 0 spiro atoms. The second kappa shape index (κ2) is 11.1. The van der Waals surface area contributed by atoms with Gasteiger partial charge in [-0.25, -0.2) is 19.2 Å². The lowest BCUT2D eigenvalue weighted by Gasteiger charge is -2.46. The lowest BCUT2D eigenvalue weighted by atomic mass is 9.90. The van der Waals surface area contributed by atoms with E-state index < -0.39 is 30.5 Å². The van der Waals surface area contributed by atoms with Crippen LogP contribution in [0, 0.1) is 11.8 Å². The zero-order valence-electron chi connectivity index (χ0n) is 21.0. The van der Waals surface area contributed by atoms with Crippen molar-refractivity contribution in [3.63, 3.8) is 0 Å². The molecule has 0 aromatic carbocycles. The van der Waals surface area contributed by atoms with Crippen LogP contribution in [0.2, 0.25) is 0 Å². The van der Waals surface area contributed by atoms with E-state index in [1.54, 1.807) is 9.91 Å². The lowest BCUT2D eigenvalue weighted by molar-refractivity contribution is -0.135. The molecule has 0 aromatic rings. The van der Waals surface area contributed by atoms with Crippen LogP contribution in [0.3, 0.4) is 0 Å². The molecule has 0 aromatic heterocycles. The molecular formula is C23H41F2N9O2. The highest BCUT2D eigenvalue weighted by Gasteiger charge is 2.48. The monoisotopic (exact) mass is 513 g/mol. The first-order valence-electron chi connectivity index (χ1n) is 13.3. The van der Waals surface area contributed by atoms with E-state index in [1.165, 1.54) is 0 Å². The molecule has 5 saturated heterocycles. The summed E-state index contributed by atoms with van der Waals surface area (Å²) in [5.41, 5.74) is 9.20. The number of likely N-dealkylation sites (tertiary alicyclic amines) is 1. The highest BCUT2D eigenvalue weighted by Crippen LogP contribution is 2.27. The Bertz CT molecular complexity index is 802. The van der Waals surface area contributed by atoms with Crippen LogP contribution in [-0.2, 0) is 9.59 Å². The van der Waals surface area contributed by atoms with Crippen LogP contribution in [0.1, 0.15) is 12.8 Å². The van der Waals surface area contributed by atoms with Gasteiger partial charge in [0.25, 0.3) is 0 Å². The van der Waals surface area contributed by atoms with Crippen LogP contribution in [0.5, 0.6) is 0 Å². The first kappa shape index (κ1) is 26.1. The summed E-state index contributed by atoms with van der Waals surface area (Å²) < 4.78 is 29.0. The van der Waals surface area contributed by atoms with Crippen molar-refractivity contribution in [2.45, 2.75) is 49.6 Å². The number of hydrogen-bond acceptors (Lipinski definition) is 9. The number of fused-ring (bicyclic) bond motifs is 1. The topological polar surface area (TPSA) is 121 Å². The molecule has 204 valence electrons. The van der Waals surface area contributed by atoms with Crippen molar-refractivity contribution in [2.75, 3.05) is 72.5 Å². The van der Waals surface area contributed by atoms with Crippen LogP contribution in [0.25, 0.3) is 0 Å². The summed E-state index contributed by atoms with van der Waals surface area (Å²) in [6, 6.07) is -0.788. The smallest absolute Gasteiger partial charge is 0.236 e. The van der Waals surface area contributed by atoms with Gasteiger partial charge in [0, 0.05) is 52.9 Å². The molecule has 36 heavy (non-hydrogen) atoms. The first-order chi connectivity index (χ1) is 17.3. The highest BCUT2D eigenvalue weighted by atomic mass is 19.1. The molecule has 5 fully saturated rings. The number of amides is 2. The Hall–Kier alpha value is -1.48. The number of rotatable bonds is 5. The molecule has 7 atom stereocenters. The molecule has 0 aliphatic carbocycles. The summed E-state index contributed by atoms with van der Waals surface area (Å²) >= 11 is 0. The van der Waals surface area contributed by atoms with Crippen LogP contribution in [0.15, 0.2) is 0 Å². The molecule has 7 unspecified atom stereocenters. The maximum Gasteiger partial charge on any atom is 0.236 e. The number of likely N-dealkylation sites (N-methyl/N-ethyl adjacent to an activating group) is 1. The summed E-state index contributed by atoms with van der Waals surface area (Å²) in [5.74, 6) is -0.195. The molecule has 5 heterocycles. The predicted octanol–water partition coefficient (Wildman–Crippen LogP) is -2.74. The van der Waals surface area contributed by atoms with E-state index in [-0.39, 0.29) is 43.7 Å². The summed E-state index contributed by atoms with van der Waals surface area (Å²) in [6.45, 7) is 5.68. The fourth-order valence-electron chi connectivity index (χ4n) is 6.51. The average Bonchev–Trinajstić information content (AvgIpc) is 3.17. The Morgan fingerprint density at radius 1 is 1.14 bits per heavy atom. The lowest BCUT2D eigenvalue weighted by Crippen LogP contribution is -2.67. The molecule has 0 radical (unpaired) electrons. The highest BCUT2D eigenvalue weighted by molar-refractivity contribution is 5.81. The van der Waals surface area contributed by atoms with Crippen molar-refractivity contribution in [2.24, 2.45) is 17.6 Å². The number of piperazine rings is 1. The Morgan fingerprint density at radius 2 is 1.92 bits per heavy atom. The SMILES string of the molecule is CN1CCN(CC2CCN(C3C(F)CNCC3NC(=O)C3C(N)NN4CC(F)CNC34)CC2)CC1=O. The molecule has 5 aliphatic heterocycles. The Kier molecular flexibility index (Phi) is 8.06. The van der Waals surface area contributed by atoms with E-state index in [0.29, 0.717) is 19.0 Å². The standard InChI is InChI=1S/C23H41F2N9O2/c1-31-6-7-32(13-18(31)35)11-14-2-4-33(5-3-14)20-16(25)9-27-10-17(20)29-23(36)19-21(26)30-34-12-15(24)8-28-22(19)34/h14-17,19-22,27-28,30H,2-13,26H2,1H3,(H,29,36). The van der Waals surface area contributed by atoms with Gasteiger partial charge in [-0.3, -0.25) is 24.7 Å². The summed E-state index contributed by atoms with van der Waals surface area (Å²) in [5, 5.41) is 10.9. The molecule has 13 heteroatoms. The number of piperidine rings is 2. The Balaban J connectivity index is 1.16. The van der Waals surface area contributed by atoms with Gasteiger partial charge in [0.15, 0.2) is 0 Å². The van der Waals surface area contributed by atoms with E-state index in [1.807, 2.05) is 7.05 Å². The number of hydrazine groups is 1. The molecule has 2 amide bonds. The van der Waals surface area contributed by atoms with Gasteiger partial charge in [0.1, 0.15) is 12.3 Å². The molecule has 0 bridgehead atoms. The maximum absolute atomic E-state index is 15.2. The normalized spacial score (nSPS) is 39.8. The van der Waals surface area contributed by atoms with E-state index >= 15 is 4.39 Å². The van der Waals surface area contributed by atoms with E-state index in [9.17, 15) is 14.0 Å². The minimum atomic E-state index is -1.09. The molecule has 0 saturated carbocycles. The van der Waals surface area contributed by atoms with Crippen molar-refractivity contribution >= 4 is 11.8 Å². The number of halogens is 2. The quantitative estimate of drug-likeness (QED) is 0.267. The van der Waals surface area contributed by atoms with Crippen LogP contribution in [0.4, 0.5) is 8.78 Å². The minimum Gasteiger partial charge on any atom is -0.350 e. The maximum atomic E-state index is 15.2. The molecule has 5 rings (SSSR count). The summed E-state index contributed by atoms with van der Waals surface area (Å²) in [4.78, 5) is 31.6. The zero-order chi connectivity index (χ0) is 25.4. The van der Waals surface area contributed by atoms with E-state index in [2.05, 4.69) is 31.2 Å². The van der Waals surface area contributed by atoms with Crippen molar-refractivity contribution < 1.29 is 18.4 Å². The average molecular weight is 514 g/mol. The predicted molar refractivity (Wildman–Crippen MR) is 130 cm³/mol. The number of nitrogens with one attached hydrogen (secondary N) is 4. The van der Waals surface area contributed by atoms with Gasteiger partial charge in [-0.2, -0.15) is 0 Å². The van der Waals surface area contributed by atoms with Gasteiger partial charge in [0.2, 0.25) is 11.8 Å². The number of carbonyl (C=O) groups excluding carboxylic acids is 2. The molecule has 5 aliphatic rings. The fourth-order valence-corrected chi connectivity index (χ4v) is 6.51. The number of hydrogen-bond donors (Lipinski definition) is 5. The molecule has 11 nitrogen and oxygen atoms in total. The number of nitrogens with two attached hydrogens (primary N) is 1. The van der Waals surface area contributed by atoms with Gasteiger partial charge in [0.05, 0.1) is 36.9 Å². The van der Waals surface area contributed by atoms with Crippen LogP contribution < -0.4 is 27.1 Å². The fraction of sp³-hybridized carbons (Fsp3) is 0.913. The minimum absolute atomic E-state index is 0.167. The largest absolute Gasteiger partial charge is 0.350 e. The van der Waals surface area contributed by atoms with Gasteiger partial charge < -0.3 is 21.3 Å². The van der Waals surface area contributed by atoms with Crippen LogP contribution in [-0.4, -0.2) is 141 Å². The first-order valence-corrected chi connectivity index (χ1v) is 13.3. The second-order valence-electron chi connectivity index (χ2n) is 11.1. The Morgan fingerprint density at radius 3 is 2.67 bits per heavy atom. The van der Waals surface area contributed by atoms with Crippen LogP contribution >= 0.6 is 0 Å². The van der Waals surface area contributed by atoms with Crippen molar-refractivity contribution in [3.8, 4) is 0 Å². The van der Waals surface area contributed by atoms with Gasteiger partial charge >= 0.3 is 0 Å². The summed E-state index contributed by atoms with van der Waals surface area (Å²) in [6.07, 6.45) is -1.26. The molecule has 6 N–H and O–H groups in total. The van der Waals surface area contributed by atoms with Gasteiger partial charge in [-0.15, -0.1) is 0 Å². The van der Waals surface area contributed by atoms with E-state index in [0.717, 1.165) is 45.6 Å². The number of carbonyl (C=O) groups is 2.